The van der Waals surface area contributed by atoms with Crippen LogP contribution in [0, 0.1) is 6.92 Å². The monoisotopic (exact) mass is 511 g/mol. The number of Topliss-reactive ketones (excluding diaryl/α,β-unsaturated/α-hetero) is 1. The number of anilines is 1. The lowest BCUT2D eigenvalue weighted by atomic mass is 9.95. The van der Waals surface area contributed by atoms with Gasteiger partial charge in [0, 0.05) is 11.3 Å². The molecule has 1 fully saturated rings. The number of carbonyl (C=O) groups is 2. The Morgan fingerprint density at radius 3 is 2.29 bits per heavy atom. The second kappa shape index (κ2) is 10.0. The molecule has 0 spiro atoms. The molecule has 0 saturated carbocycles. The van der Waals surface area contributed by atoms with E-state index in [9.17, 15) is 14.7 Å². The maximum absolute atomic E-state index is 13.3. The molecule has 1 aliphatic rings. The zero-order chi connectivity index (χ0) is 25.3. The Morgan fingerprint density at radius 1 is 1.03 bits per heavy atom. The number of ether oxygens (including phenoxy) is 2. The fraction of sp³-hybridized carbons (Fsp3) is 0.185. The van der Waals surface area contributed by atoms with Crippen LogP contribution in [0.25, 0.3) is 5.76 Å². The van der Waals surface area contributed by atoms with Crippen LogP contribution >= 0.6 is 23.2 Å². The van der Waals surface area contributed by atoms with Crippen molar-refractivity contribution < 1.29 is 24.2 Å². The first-order valence-electron chi connectivity index (χ1n) is 10.9. The number of methoxy groups -OCH3 is 1. The van der Waals surface area contributed by atoms with E-state index >= 15 is 0 Å². The molecule has 0 aromatic heterocycles. The van der Waals surface area contributed by atoms with Gasteiger partial charge < -0.3 is 14.6 Å². The fourth-order valence-corrected chi connectivity index (χ4v) is 4.75. The second-order valence-corrected chi connectivity index (χ2v) is 8.80. The average molecular weight is 512 g/mol. The Hall–Kier alpha value is -3.48. The van der Waals surface area contributed by atoms with Crippen LogP contribution in [0.4, 0.5) is 5.69 Å². The summed E-state index contributed by atoms with van der Waals surface area (Å²) in [5, 5.41) is 11.6. The summed E-state index contributed by atoms with van der Waals surface area (Å²) in [5.41, 5.74) is 2.23. The summed E-state index contributed by atoms with van der Waals surface area (Å²) in [6.07, 6.45) is 0. The Morgan fingerprint density at radius 2 is 1.69 bits per heavy atom. The molecule has 0 bridgehead atoms. The highest BCUT2D eigenvalue weighted by Gasteiger charge is 2.47. The van der Waals surface area contributed by atoms with Crippen molar-refractivity contribution in [1.82, 2.24) is 0 Å². The molecule has 6 nitrogen and oxygen atoms in total. The Bertz CT molecular complexity index is 1310. The van der Waals surface area contributed by atoms with Gasteiger partial charge >= 0.3 is 0 Å². The van der Waals surface area contributed by atoms with E-state index < -0.39 is 23.5 Å². The van der Waals surface area contributed by atoms with Gasteiger partial charge in [-0.05, 0) is 55.8 Å². The topological polar surface area (TPSA) is 76.1 Å². The maximum Gasteiger partial charge on any atom is 0.300 e. The Balaban J connectivity index is 1.95. The third-order valence-corrected chi connectivity index (χ3v) is 6.28. The summed E-state index contributed by atoms with van der Waals surface area (Å²) >= 11 is 12.6. The van der Waals surface area contributed by atoms with Crippen molar-refractivity contribution in [2.75, 3.05) is 18.6 Å². The van der Waals surface area contributed by atoms with Gasteiger partial charge in [-0.1, -0.05) is 53.0 Å². The van der Waals surface area contributed by atoms with Crippen molar-refractivity contribution in [2.24, 2.45) is 0 Å². The first-order chi connectivity index (χ1) is 16.8. The summed E-state index contributed by atoms with van der Waals surface area (Å²) in [5.74, 6) is -1.15. The number of amides is 1. The summed E-state index contributed by atoms with van der Waals surface area (Å²) in [6.45, 7) is 4.24. The Labute approximate surface area is 213 Å². The summed E-state index contributed by atoms with van der Waals surface area (Å²) in [4.78, 5) is 28.0. The lowest BCUT2D eigenvalue weighted by Gasteiger charge is -2.26. The predicted octanol–water partition coefficient (Wildman–Crippen LogP) is 6.34. The Kier molecular flexibility index (Phi) is 7.05. The van der Waals surface area contributed by atoms with Crippen LogP contribution in [0.15, 0.2) is 66.2 Å². The lowest BCUT2D eigenvalue weighted by molar-refractivity contribution is -0.132. The second-order valence-electron chi connectivity index (χ2n) is 7.98. The molecule has 1 heterocycles. The van der Waals surface area contributed by atoms with Gasteiger partial charge in [0.2, 0.25) is 0 Å². The molecular formula is C27H23Cl2NO5. The van der Waals surface area contributed by atoms with Crippen molar-refractivity contribution in [2.45, 2.75) is 19.9 Å². The van der Waals surface area contributed by atoms with Gasteiger partial charge in [-0.15, -0.1) is 0 Å². The third kappa shape index (κ3) is 4.59. The van der Waals surface area contributed by atoms with E-state index in [1.165, 1.54) is 24.1 Å². The molecule has 1 unspecified atom stereocenters. The number of benzene rings is 3. The summed E-state index contributed by atoms with van der Waals surface area (Å²) < 4.78 is 10.8. The predicted molar refractivity (Wildman–Crippen MR) is 137 cm³/mol. The molecular weight excluding hydrogens is 489 g/mol. The molecule has 1 saturated heterocycles. The number of hydrogen-bond donors (Lipinski definition) is 1. The fourth-order valence-electron chi connectivity index (χ4n) is 4.11. The summed E-state index contributed by atoms with van der Waals surface area (Å²) in [7, 11) is 1.42. The smallest absolute Gasteiger partial charge is 0.300 e. The van der Waals surface area contributed by atoms with Gasteiger partial charge in [-0.25, -0.2) is 0 Å². The number of halogens is 2. The van der Waals surface area contributed by atoms with Crippen molar-refractivity contribution in [3.63, 3.8) is 0 Å². The molecule has 1 amide bonds. The molecule has 35 heavy (non-hydrogen) atoms. The normalized spacial score (nSPS) is 17.1. The van der Waals surface area contributed by atoms with Crippen molar-refractivity contribution in [3.8, 4) is 11.5 Å². The number of aliphatic hydroxyl groups excluding tert-OH is 1. The lowest BCUT2D eigenvalue weighted by Crippen LogP contribution is -2.29. The van der Waals surface area contributed by atoms with Crippen LogP contribution in [-0.2, 0) is 9.59 Å². The molecule has 3 aromatic carbocycles. The zero-order valence-electron chi connectivity index (χ0n) is 19.3. The van der Waals surface area contributed by atoms with Crippen molar-refractivity contribution >= 4 is 46.3 Å². The van der Waals surface area contributed by atoms with E-state index in [2.05, 4.69) is 0 Å². The average Bonchev–Trinajstić information content (AvgIpc) is 3.10. The van der Waals surface area contributed by atoms with Gasteiger partial charge in [0.15, 0.2) is 5.75 Å². The highest BCUT2D eigenvalue weighted by atomic mass is 35.5. The minimum atomic E-state index is -0.905. The maximum atomic E-state index is 13.3. The van der Waals surface area contributed by atoms with Crippen LogP contribution in [0.1, 0.15) is 29.7 Å². The zero-order valence-corrected chi connectivity index (χ0v) is 20.9. The van der Waals surface area contributed by atoms with Crippen LogP contribution in [0.5, 0.6) is 11.5 Å². The van der Waals surface area contributed by atoms with Gasteiger partial charge in [-0.2, -0.15) is 0 Å². The number of hydrogen-bond acceptors (Lipinski definition) is 5. The van der Waals surface area contributed by atoms with E-state index in [0.717, 1.165) is 5.56 Å². The van der Waals surface area contributed by atoms with E-state index in [1.807, 2.05) is 26.0 Å². The number of aryl methyl sites for hydroxylation is 1. The summed E-state index contributed by atoms with van der Waals surface area (Å²) in [6, 6.07) is 16.3. The van der Waals surface area contributed by atoms with E-state index in [1.54, 1.807) is 36.4 Å². The van der Waals surface area contributed by atoms with Crippen LogP contribution in [-0.4, -0.2) is 30.5 Å². The van der Waals surface area contributed by atoms with Gasteiger partial charge in [0.25, 0.3) is 11.7 Å². The highest BCUT2D eigenvalue weighted by molar-refractivity contribution is 6.51. The molecule has 0 aliphatic carbocycles. The highest BCUT2D eigenvalue weighted by Crippen LogP contribution is 2.44. The molecule has 1 atom stereocenters. The molecule has 1 N–H and O–H groups in total. The molecule has 180 valence electrons. The molecule has 3 aromatic rings. The largest absolute Gasteiger partial charge is 0.507 e. The molecule has 0 radical (unpaired) electrons. The van der Waals surface area contributed by atoms with E-state index in [0.29, 0.717) is 23.6 Å². The van der Waals surface area contributed by atoms with Crippen LogP contribution in [0.2, 0.25) is 10.0 Å². The van der Waals surface area contributed by atoms with Crippen molar-refractivity contribution in [3.05, 3.63) is 93.0 Å². The van der Waals surface area contributed by atoms with Gasteiger partial charge in [0.1, 0.15) is 11.5 Å². The third-order valence-electron chi connectivity index (χ3n) is 5.72. The van der Waals surface area contributed by atoms with Crippen LogP contribution in [0.3, 0.4) is 0 Å². The van der Waals surface area contributed by atoms with E-state index in [-0.39, 0.29) is 26.9 Å². The molecule has 8 heteroatoms. The van der Waals surface area contributed by atoms with Gasteiger partial charge in [0.05, 0.1) is 35.4 Å². The SMILES string of the molecule is CCOc1cccc(C2/C(=C(\O)c3cc(Cl)c(OC)c(Cl)c3)C(=O)C(=O)N2c2ccc(C)cc2)c1. The van der Waals surface area contributed by atoms with Crippen molar-refractivity contribution in [1.29, 1.82) is 0 Å². The number of carbonyl (C=O) groups excluding carboxylic acids is 2. The first-order valence-corrected chi connectivity index (χ1v) is 11.7. The van der Waals surface area contributed by atoms with Gasteiger partial charge in [-0.3, -0.25) is 14.5 Å². The standard InChI is InChI=1S/C27H23Cl2NO5/c1-4-35-19-7-5-6-16(12-19)23-22(24(31)17-13-20(28)26(34-3)21(29)14-17)25(32)27(33)30(23)18-10-8-15(2)9-11-18/h5-14,23,31H,4H2,1-3H3/b24-22+. The van der Waals surface area contributed by atoms with Crippen LogP contribution < -0.4 is 14.4 Å². The van der Waals surface area contributed by atoms with E-state index in [4.69, 9.17) is 32.7 Å². The first kappa shape index (κ1) is 24.6. The molecule has 4 rings (SSSR count). The molecule has 1 aliphatic heterocycles. The number of aliphatic hydroxyl groups is 1. The number of ketones is 1. The number of nitrogens with zero attached hydrogens (tertiary/aromatic N) is 1. The quantitative estimate of drug-likeness (QED) is 0.237. The minimum Gasteiger partial charge on any atom is -0.507 e. The minimum absolute atomic E-state index is 0.0819. The number of rotatable bonds is 6.